The molecule has 4 nitrogen and oxygen atoms in total. The third-order valence-electron chi connectivity index (χ3n) is 2.71. The lowest BCUT2D eigenvalue weighted by atomic mass is 10.1. The molecule has 1 rings (SSSR count). The van der Waals surface area contributed by atoms with Gasteiger partial charge in [0.2, 0.25) is 0 Å². The Kier molecular flexibility index (Phi) is 4.59. The van der Waals surface area contributed by atoms with Crippen LogP contribution in [0.3, 0.4) is 0 Å². The van der Waals surface area contributed by atoms with E-state index in [0.717, 1.165) is 11.4 Å². The maximum absolute atomic E-state index is 12.1. The van der Waals surface area contributed by atoms with Gasteiger partial charge in [0.15, 0.2) is 0 Å². The van der Waals surface area contributed by atoms with Crippen LogP contribution < -0.4 is 10.1 Å². The Hall–Kier alpha value is -1.71. The van der Waals surface area contributed by atoms with E-state index in [1.807, 2.05) is 52.0 Å². The van der Waals surface area contributed by atoms with Gasteiger partial charge in [0.25, 0.3) is 0 Å². The van der Waals surface area contributed by atoms with Crippen molar-refractivity contribution >= 4 is 11.7 Å². The number of methoxy groups -OCH3 is 1. The summed E-state index contributed by atoms with van der Waals surface area (Å²) >= 11 is 0. The molecule has 1 N–H and O–H groups in total. The van der Waals surface area contributed by atoms with E-state index in [9.17, 15) is 4.79 Å². The molecule has 0 saturated carbocycles. The van der Waals surface area contributed by atoms with E-state index in [1.54, 1.807) is 12.0 Å². The molecule has 0 aliphatic carbocycles. The van der Waals surface area contributed by atoms with Gasteiger partial charge >= 0.3 is 6.03 Å². The molecule has 100 valence electrons. The number of carbonyl (C=O) groups is 1. The van der Waals surface area contributed by atoms with Crippen molar-refractivity contribution in [1.29, 1.82) is 0 Å². The molecule has 0 saturated heterocycles. The highest BCUT2D eigenvalue weighted by Crippen LogP contribution is 2.18. The van der Waals surface area contributed by atoms with Crippen molar-refractivity contribution in [1.82, 2.24) is 4.90 Å². The molecule has 0 fully saturated rings. The summed E-state index contributed by atoms with van der Waals surface area (Å²) in [6, 6.07) is 7.21. The molecule has 0 bridgehead atoms. The zero-order valence-corrected chi connectivity index (χ0v) is 11.8. The number of nitrogens with zero attached hydrogens (tertiary/aromatic N) is 1. The highest BCUT2D eigenvalue weighted by Gasteiger charge is 2.24. The van der Waals surface area contributed by atoms with Crippen LogP contribution in [0.5, 0.6) is 5.75 Å². The van der Waals surface area contributed by atoms with Gasteiger partial charge in [0, 0.05) is 17.8 Å². The number of ether oxygens (including phenoxy) is 1. The lowest BCUT2D eigenvalue weighted by Crippen LogP contribution is -2.47. The van der Waals surface area contributed by atoms with Crippen molar-refractivity contribution in [2.45, 2.75) is 33.2 Å². The van der Waals surface area contributed by atoms with Crippen molar-refractivity contribution in [3.63, 3.8) is 0 Å². The summed E-state index contributed by atoms with van der Waals surface area (Å²) in [4.78, 5) is 13.9. The van der Waals surface area contributed by atoms with E-state index in [0.29, 0.717) is 6.54 Å². The number of hydrogen-bond donors (Lipinski definition) is 1. The average molecular weight is 250 g/mol. The fourth-order valence-corrected chi connectivity index (χ4v) is 1.79. The van der Waals surface area contributed by atoms with E-state index >= 15 is 0 Å². The van der Waals surface area contributed by atoms with Gasteiger partial charge in [-0.05, 0) is 52.0 Å². The van der Waals surface area contributed by atoms with Crippen LogP contribution in [-0.4, -0.2) is 30.1 Å². The van der Waals surface area contributed by atoms with Crippen LogP contribution in [0.2, 0.25) is 0 Å². The predicted octanol–water partition coefficient (Wildman–Crippen LogP) is 3.35. The van der Waals surface area contributed by atoms with E-state index in [4.69, 9.17) is 4.74 Å². The molecule has 18 heavy (non-hydrogen) atoms. The monoisotopic (exact) mass is 250 g/mol. The lowest BCUT2D eigenvalue weighted by Gasteiger charge is -2.34. The first-order valence-corrected chi connectivity index (χ1v) is 6.11. The van der Waals surface area contributed by atoms with Crippen LogP contribution >= 0.6 is 0 Å². The van der Waals surface area contributed by atoms with Crippen LogP contribution in [0.25, 0.3) is 0 Å². The van der Waals surface area contributed by atoms with Gasteiger partial charge in [0.1, 0.15) is 5.75 Å². The van der Waals surface area contributed by atoms with Gasteiger partial charge in [-0.1, -0.05) is 0 Å². The second kappa shape index (κ2) is 5.76. The topological polar surface area (TPSA) is 41.6 Å². The highest BCUT2D eigenvalue weighted by atomic mass is 16.5. The fourth-order valence-electron chi connectivity index (χ4n) is 1.79. The van der Waals surface area contributed by atoms with Crippen LogP contribution in [0.1, 0.15) is 27.7 Å². The quantitative estimate of drug-likeness (QED) is 0.893. The van der Waals surface area contributed by atoms with Gasteiger partial charge < -0.3 is 15.0 Å². The molecule has 0 spiro atoms. The molecule has 1 aromatic rings. The van der Waals surface area contributed by atoms with Crippen molar-refractivity contribution < 1.29 is 9.53 Å². The Labute approximate surface area is 109 Å². The largest absolute Gasteiger partial charge is 0.497 e. The van der Waals surface area contributed by atoms with Gasteiger partial charge in [-0.2, -0.15) is 0 Å². The van der Waals surface area contributed by atoms with Gasteiger partial charge in [0.05, 0.1) is 7.11 Å². The maximum atomic E-state index is 12.1. The number of nitrogens with one attached hydrogen (secondary N) is 1. The molecule has 0 aliphatic rings. The number of rotatable bonds is 3. The summed E-state index contributed by atoms with van der Waals surface area (Å²) in [6.07, 6.45) is 0. The minimum atomic E-state index is -0.189. The van der Waals surface area contributed by atoms with Crippen LogP contribution in [0.15, 0.2) is 24.3 Å². The molecule has 0 unspecified atom stereocenters. The third kappa shape index (κ3) is 3.65. The Bertz CT molecular complexity index is 393. The Morgan fingerprint density at radius 3 is 2.22 bits per heavy atom. The van der Waals surface area contributed by atoms with E-state index in [1.165, 1.54) is 0 Å². The number of carbonyl (C=O) groups excluding carboxylic acids is 1. The minimum Gasteiger partial charge on any atom is -0.497 e. The minimum absolute atomic E-state index is 0.0878. The van der Waals surface area contributed by atoms with Crippen LogP contribution in [-0.2, 0) is 0 Å². The Morgan fingerprint density at radius 1 is 1.28 bits per heavy atom. The second-order valence-electron chi connectivity index (χ2n) is 5.07. The zero-order chi connectivity index (χ0) is 13.8. The summed E-state index contributed by atoms with van der Waals surface area (Å²) < 4.78 is 5.07. The first-order chi connectivity index (χ1) is 8.38. The molecular weight excluding hydrogens is 228 g/mol. The van der Waals surface area contributed by atoms with Gasteiger partial charge in [-0.25, -0.2) is 4.79 Å². The Balaban J connectivity index is 2.74. The molecule has 0 radical (unpaired) electrons. The molecule has 0 heterocycles. The molecule has 1 aromatic carbocycles. The lowest BCUT2D eigenvalue weighted by molar-refractivity contribution is 0.162. The molecule has 0 aromatic heterocycles. The molecule has 0 aliphatic heterocycles. The van der Waals surface area contributed by atoms with Crippen molar-refractivity contribution in [2.75, 3.05) is 19.0 Å². The second-order valence-corrected chi connectivity index (χ2v) is 5.07. The average Bonchev–Trinajstić information content (AvgIpc) is 2.29. The maximum Gasteiger partial charge on any atom is 0.322 e. The number of urea groups is 1. The third-order valence-corrected chi connectivity index (χ3v) is 2.71. The summed E-state index contributed by atoms with van der Waals surface area (Å²) in [7, 11) is 1.62. The Morgan fingerprint density at radius 2 is 1.83 bits per heavy atom. The molecule has 4 heteroatoms. The van der Waals surface area contributed by atoms with Gasteiger partial charge in [-0.3, -0.25) is 0 Å². The van der Waals surface area contributed by atoms with E-state index in [-0.39, 0.29) is 11.6 Å². The van der Waals surface area contributed by atoms with E-state index in [2.05, 4.69) is 5.32 Å². The predicted molar refractivity (Wildman–Crippen MR) is 74.1 cm³/mol. The first-order valence-electron chi connectivity index (χ1n) is 6.11. The fraction of sp³-hybridized carbons (Fsp3) is 0.500. The number of anilines is 1. The van der Waals surface area contributed by atoms with Crippen molar-refractivity contribution in [3.05, 3.63) is 24.3 Å². The summed E-state index contributed by atoms with van der Waals surface area (Å²) in [5.41, 5.74) is 0.578. The van der Waals surface area contributed by atoms with Crippen LogP contribution in [0.4, 0.5) is 10.5 Å². The standard InChI is InChI=1S/C14H22N2O2/c1-6-16(14(2,3)4)13(17)15-11-7-9-12(18-5)10-8-11/h7-10H,6H2,1-5H3,(H,15,17). The van der Waals surface area contributed by atoms with Crippen LogP contribution in [0, 0.1) is 0 Å². The van der Waals surface area contributed by atoms with Crippen molar-refractivity contribution in [2.24, 2.45) is 0 Å². The molecule has 0 atom stereocenters. The summed E-state index contributed by atoms with van der Waals surface area (Å²) in [5, 5.41) is 2.88. The smallest absolute Gasteiger partial charge is 0.322 e. The number of hydrogen-bond acceptors (Lipinski definition) is 2. The number of benzene rings is 1. The van der Waals surface area contributed by atoms with Crippen molar-refractivity contribution in [3.8, 4) is 5.75 Å². The summed E-state index contributed by atoms with van der Waals surface area (Å²) in [5.74, 6) is 0.774. The van der Waals surface area contributed by atoms with Gasteiger partial charge in [-0.15, -0.1) is 0 Å². The normalized spacial score (nSPS) is 10.9. The molecule has 2 amide bonds. The summed E-state index contributed by atoms with van der Waals surface area (Å²) in [6.45, 7) is 8.70. The highest BCUT2D eigenvalue weighted by molar-refractivity contribution is 5.89. The van der Waals surface area contributed by atoms with E-state index < -0.39 is 0 Å². The SMILES string of the molecule is CCN(C(=O)Nc1ccc(OC)cc1)C(C)(C)C. The first kappa shape index (κ1) is 14.4. The molecular formula is C14H22N2O2. The zero-order valence-electron chi connectivity index (χ0n) is 11.8. The number of amides is 2.